The first-order chi connectivity index (χ1) is 12.8. The number of sulfone groups is 1. The highest BCUT2D eigenvalue weighted by atomic mass is 32.2. The van der Waals surface area contributed by atoms with Crippen LogP contribution in [0.1, 0.15) is 18.4 Å². The zero-order valence-corrected chi connectivity index (χ0v) is 15.9. The fourth-order valence-electron chi connectivity index (χ4n) is 3.12. The minimum atomic E-state index is -3.88. The highest BCUT2D eigenvalue weighted by Gasteiger charge is 2.36. The molecule has 0 aliphatic carbocycles. The summed E-state index contributed by atoms with van der Waals surface area (Å²) in [7, 11) is -7.54. The summed E-state index contributed by atoms with van der Waals surface area (Å²) in [6.45, 7) is 0.0698. The smallest absolute Gasteiger partial charge is 0.223 e. The number of benzene rings is 2. The third kappa shape index (κ3) is 3.74. The zero-order chi connectivity index (χ0) is 19.7. The van der Waals surface area contributed by atoms with Gasteiger partial charge in [0.25, 0.3) is 0 Å². The van der Waals surface area contributed by atoms with Crippen molar-refractivity contribution in [2.75, 3.05) is 13.1 Å². The Morgan fingerprint density at radius 3 is 2.15 bits per heavy atom. The van der Waals surface area contributed by atoms with Crippen LogP contribution in [0.2, 0.25) is 0 Å². The normalized spacial score (nSPS) is 16.7. The Bertz CT molecular complexity index is 1080. The molecule has 1 heterocycles. The molecule has 2 aromatic rings. The number of nitriles is 1. The largest absolute Gasteiger partial charge is 0.244 e. The topological polar surface area (TPSA) is 95.3 Å². The van der Waals surface area contributed by atoms with Gasteiger partial charge in [0.1, 0.15) is 11.9 Å². The van der Waals surface area contributed by atoms with E-state index < -0.39 is 30.9 Å². The summed E-state index contributed by atoms with van der Waals surface area (Å²) in [6.07, 6.45) is 0.265. The molecule has 0 bridgehead atoms. The van der Waals surface area contributed by atoms with Gasteiger partial charge in [-0.05, 0) is 49.2 Å². The molecule has 3 rings (SSSR count). The Hall–Kier alpha value is -2.28. The van der Waals surface area contributed by atoms with E-state index in [9.17, 15) is 21.2 Å². The van der Waals surface area contributed by atoms with Crippen LogP contribution >= 0.6 is 0 Å². The Morgan fingerprint density at radius 1 is 0.963 bits per heavy atom. The van der Waals surface area contributed by atoms with E-state index in [1.807, 2.05) is 6.07 Å². The number of piperidine rings is 1. The van der Waals surface area contributed by atoms with Crippen molar-refractivity contribution in [3.05, 3.63) is 59.9 Å². The lowest BCUT2D eigenvalue weighted by Crippen LogP contribution is -2.42. The van der Waals surface area contributed by atoms with Crippen LogP contribution in [0.4, 0.5) is 4.39 Å². The van der Waals surface area contributed by atoms with E-state index in [-0.39, 0.29) is 41.3 Å². The number of nitrogens with zero attached hydrogens (tertiary/aromatic N) is 2. The molecule has 1 fully saturated rings. The van der Waals surface area contributed by atoms with Gasteiger partial charge in [-0.25, -0.2) is 21.2 Å². The first-order valence-electron chi connectivity index (χ1n) is 8.25. The van der Waals surface area contributed by atoms with Gasteiger partial charge in [0.2, 0.25) is 10.0 Å². The number of halogens is 1. The van der Waals surface area contributed by atoms with Crippen LogP contribution in [-0.2, 0) is 19.9 Å². The van der Waals surface area contributed by atoms with Crippen molar-refractivity contribution in [1.29, 1.82) is 5.26 Å². The van der Waals surface area contributed by atoms with E-state index in [1.165, 1.54) is 28.6 Å². The van der Waals surface area contributed by atoms with Crippen LogP contribution in [0, 0.1) is 17.1 Å². The second-order valence-electron chi connectivity index (χ2n) is 6.21. The van der Waals surface area contributed by atoms with Gasteiger partial charge in [-0.2, -0.15) is 9.57 Å². The summed E-state index contributed by atoms with van der Waals surface area (Å²) in [4.78, 5) is -0.0487. The van der Waals surface area contributed by atoms with Crippen molar-refractivity contribution < 1.29 is 21.2 Å². The maximum absolute atomic E-state index is 13.0. The van der Waals surface area contributed by atoms with E-state index in [0.29, 0.717) is 0 Å². The van der Waals surface area contributed by atoms with Gasteiger partial charge >= 0.3 is 0 Å². The molecule has 0 amide bonds. The monoisotopic (exact) mass is 408 g/mol. The zero-order valence-electron chi connectivity index (χ0n) is 14.2. The standard InChI is InChI=1S/C18H17FN2O4S2/c19-15-5-7-16(8-6-15)26(22,23)17-9-11-21(12-10-17)27(24,25)18-4-2-1-3-14(18)13-20/h1-8,17H,9-12H2. The lowest BCUT2D eigenvalue weighted by atomic mass is 10.2. The molecule has 142 valence electrons. The van der Waals surface area contributed by atoms with Crippen LogP contribution in [0.15, 0.2) is 58.3 Å². The van der Waals surface area contributed by atoms with Gasteiger partial charge in [-0.3, -0.25) is 0 Å². The molecule has 2 aromatic carbocycles. The van der Waals surface area contributed by atoms with Gasteiger partial charge in [0.15, 0.2) is 9.84 Å². The molecule has 0 N–H and O–H groups in total. The molecular weight excluding hydrogens is 391 g/mol. The Balaban J connectivity index is 1.79. The van der Waals surface area contributed by atoms with Gasteiger partial charge in [0.05, 0.1) is 20.6 Å². The fourth-order valence-corrected chi connectivity index (χ4v) is 6.47. The van der Waals surface area contributed by atoms with E-state index in [1.54, 1.807) is 12.1 Å². The van der Waals surface area contributed by atoms with Crippen molar-refractivity contribution >= 4 is 19.9 Å². The predicted octanol–water partition coefficient (Wildman–Crippen LogP) is 2.32. The molecule has 0 atom stereocenters. The number of sulfonamides is 1. The summed E-state index contributed by atoms with van der Waals surface area (Å²) < 4.78 is 65.3. The number of hydrogen-bond donors (Lipinski definition) is 0. The van der Waals surface area contributed by atoms with Crippen LogP contribution in [0.25, 0.3) is 0 Å². The first-order valence-corrected chi connectivity index (χ1v) is 11.2. The number of hydrogen-bond acceptors (Lipinski definition) is 5. The van der Waals surface area contributed by atoms with E-state index in [2.05, 4.69) is 0 Å². The molecule has 27 heavy (non-hydrogen) atoms. The second kappa shape index (κ2) is 7.38. The highest BCUT2D eigenvalue weighted by Crippen LogP contribution is 2.28. The molecule has 1 aliphatic heterocycles. The Labute approximate surface area is 157 Å². The van der Waals surface area contributed by atoms with Gasteiger partial charge < -0.3 is 0 Å². The van der Waals surface area contributed by atoms with E-state index >= 15 is 0 Å². The third-order valence-corrected chi connectivity index (χ3v) is 8.84. The molecular formula is C18H17FN2O4S2. The molecule has 1 aliphatic rings. The van der Waals surface area contributed by atoms with Crippen LogP contribution in [0.5, 0.6) is 0 Å². The summed E-state index contributed by atoms with van der Waals surface area (Å²) >= 11 is 0. The summed E-state index contributed by atoms with van der Waals surface area (Å²) in [5.41, 5.74) is 0.0542. The molecule has 0 unspecified atom stereocenters. The summed E-state index contributed by atoms with van der Waals surface area (Å²) in [6, 6.07) is 12.4. The third-order valence-electron chi connectivity index (χ3n) is 4.61. The SMILES string of the molecule is N#Cc1ccccc1S(=O)(=O)N1CCC(S(=O)(=O)c2ccc(F)cc2)CC1. The van der Waals surface area contributed by atoms with Crippen molar-refractivity contribution in [3.63, 3.8) is 0 Å². The van der Waals surface area contributed by atoms with Gasteiger partial charge in [-0.15, -0.1) is 0 Å². The molecule has 0 aromatic heterocycles. The van der Waals surface area contributed by atoms with Crippen molar-refractivity contribution in [3.8, 4) is 6.07 Å². The predicted molar refractivity (Wildman–Crippen MR) is 96.5 cm³/mol. The molecule has 0 saturated carbocycles. The first kappa shape index (κ1) is 19.5. The van der Waals surface area contributed by atoms with Gasteiger partial charge in [-0.1, -0.05) is 12.1 Å². The minimum absolute atomic E-state index is 0.0278. The number of rotatable bonds is 4. The molecule has 6 nitrogen and oxygen atoms in total. The molecule has 0 radical (unpaired) electrons. The molecule has 9 heteroatoms. The average molecular weight is 408 g/mol. The van der Waals surface area contributed by atoms with Crippen LogP contribution < -0.4 is 0 Å². The maximum Gasteiger partial charge on any atom is 0.244 e. The van der Waals surface area contributed by atoms with Crippen molar-refractivity contribution in [2.24, 2.45) is 0 Å². The molecule has 1 saturated heterocycles. The fraction of sp³-hybridized carbons (Fsp3) is 0.278. The minimum Gasteiger partial charge on any atom is -0.223 e. The second-order valence-corrected chi connectivity index (χ2v) is 10.3. The molecule has 0 spiro atoms. The lowest BCUT2D eigenvalue weighted by Gasteiger charge is -2.31. The quantitative estimate of drug-likeness (QED) is 0.724. The Morgan fingerprint density at radius 2 is 1.56 bits per heavy atom. The average Bonchev–Trinajstić information content (AvgIpc) is 2.68. The highest BCUT2D eigenvalue weighted by molar-refractivity contribution is 7.92. The van der Waals surface area contributed by atoms with E-state index in [4.69, 9.17) is 5.26 Å². The van der Waals surface area contributed by atoms with Crippen molar-refractivity contribution in [1.82, 2.24) is 4.31 Å². The van der Waals surface area contributed by atoms with Crippen LogP contribution in [-0.4, -0.2) is 39.5 Å². The van der Waals surface area contributed by atoms with Gasteiger partial charge in [0, 0.05) is 13.1 Å². The van der Waals surface area contributed by atoms with Crippen molar-refractivity contribution in [2.45, 2.75) is 27.9 Å². The summed E-state index contributed by atoms with van der Waals surface area (Å²) in [5.74, 6) is -0.522. The lowest BCUT2D eigenvalue weighted by molar-refractivity contribution is 0.345. The van der Waals surface area contributed by atoms with Crippen LogP contribution in [0.3, 0.4) is 0 Å². The van der Waals surface area contributed by atoms with E-state index in [0.717, 1.165) is 12.1 Å². The maximum atomic E-state index is 13.0. The Kier molecular flexibility index (Phi) is 5.33. The summed E-state index contributed by atoms with van der Waals surface area (Å²) in [5, 5.41) is 8.40.